The van der Waals surface area contributed by atoms with Gasteiger partial charge in [-0.1, -0.05) is 0 Å². The highest BCUT2D eigenvalue weighted by Crippen LogP contribution is 2.07. The number of aromatic nitrogens is 4. The van der Waals surface area contributed by atoms with Crippen molar-refractivity contribution in [1.29, 1.82) is 0 Å². The lowest BCUT2D eigenvalue weighted by Gasteiger charge is -2.08. The Morgan fingerprint density at radius 3 is 2.82 bits per heavy atom. The Labute approximate surface area is 107 Å². The van der Waals surface area contributed by atoms with E-state index in [1.54, 1.807) is 30.3 Å². The number of halogens is 1. The SMILES string of the molecule is CCn1cncc1Cn1cnc(C)c(Br)c1=O. The predicted molar refractivity (Wildman–Crippen MR) is 67.9 cm³/mol. The maximum Gasteiger partial charge on any atom is 0.268 e. The van der Waals surface area contributed by atoms with Crippen molar-refractivity contribution in [2.24, 2.45) is 0 Å². The highest BCUT2D eigenvalue weighted by Gasteiger charge is 2.07. The van der Waals surface area contributed by atoms with E-state index in [2.05, 4.69) is 25.9 Å². The first-order chi connectivity index (χ1) is 8.13. The third-order valence-corrected chi connectivity index (χ3v) is 3.54. The smallest absolute Gasteiger partial charge is 0.268 e. The van der Waals surface area contributed by atoms with Crippen molar-refractivity contribution < 1.29 is 0 Å². The summed E-state index contributed by atoms with van der Waals surface area (Å²) in [5.41, 5.74) is 1.63. The van der Waals surface area contributed by atoms with Crippen molar-refractivity contribution in [2.45, 2.75) is 26.9 Å². The second-order valence-electron chi connectivity index (χ2n) is 3.75. The third kappa shape index (κ3) is 2.31. The summed E-state index contributed by atoms with van der Waals surface area (Å²) >= 11 is 3.25. The largest absolute Gasteiger partial charge is 0.333 e. The van der Waals surface area contributed by atoms with E-state index in [1.165, 1.54) is 0 Å². The molecule has 2 rings (SSSR count). The lowest BCUT2D eigenvalue weighted by atomic mass is 10.4. The van der Waals surface area contributed by atoms with Gasteiger partial charge in [-0.15, -0.1) is 0 Å². The summed E-state index contributed by atoms with van der Waals surface area (Å²) in [5, 5.41) is 0. The van der Waals surface area contributed by atoms with Gasteiger partial charge >= 0.3 is 0 Å². The van der Waals surface area contributed by atoms with Crippen molar-refractivity contribution in [3.63, 3.8) is 0 Å². The summed E-state index contributed by atoms with van der Waals surface area (Å²) < 4.78 is 4.09. The van der Waals surface area contributed by atoms with Crippen LogP contribution >= 0.6 is 15.9 Å². The number of imidazole rings is 1. The molecule has 17 heavy (non-hydrogen) atoms. The molecule has 0 amide bonds. The molecule has 2 aromatic heterocycles. The molecule has 6 heteroatoms. The Morgan fingerprint density at radius 1 is 1.35 bits per heavy atom. The molecule has 0 aliphatic rings. The van der Waals surface area contributed by atoms with Crippen LogP contribution in [0.15, 0.2) is 28.1 Å². The van der Waals surface area contributed by atoms with Gasteiger partial charge in [0.1, 0.15) is 4.47 Å². The van der Waals surface area contributed by atoms with Crippen LogP contribution in [0, 0.1) is 6.92 Å². The molecule has 0 fully saturated rings. The minimum Gasteiger partial charge on any atom is -0.333 e. The lowest BCUT2D eigenvalue weighted by Crippen LogP contribution is -2.23. The summed E-state index contributed by atoms with van der Waals surface area (Å²) in [6, 6.07) is 0. The number of rotatable bonds is 3. The summed E-state index contributed by atoms with van der Waals surface area (Å²) in [6.45, 7) is 5.16. The van der Waals surface area contributed by atoms with Crippen molar-refractivity contribution in [2.75, 3.05) is 0 Å². The first-order valence-corrected chi connectivity index (χ1v) is 6.13. The molecule has 5 nitrogen and oxygen atoms in total. The third-order valence-electron chi connectivity index (χ3n) is 2.63. The van der Waals surface area contributed by atoms with E-state index in [0.717, 1.165) is 12.2 Å². The van der Waals surface area contributed by atoms with Gasteiger partial charge in [0.15, 0.2) is 0 Å². The van der Waals surface area contributed by atoms with Gasteiger partial charge in [-0.2, -0.15) is 0 Å². The van der Waals surface area contributed by atoms with Gasteiger partial charge in [-0.25, -0.2) is 9.97 Å². The molecular formula is C11H13BrN4O. The average Bonchev–Trinajstić information content (AvgIpc) is 2.77. The topological polar surface area (TPSA) is 52.7 Å². The van der Waals surface area contributed by atoms with Gasteiger partial charge < -0.3 is 4.57 Å². The molecule has 0 aliphatic heterocycles. The van der Waals surface area contributed by atoms with E-state index in [4.69, 9.17) is 0 Å². The van der Waals surface area contributed by atoms with Crippen LogP contribution in [0.4, 0.5) is 0 Å². The Balaban J connectivity index is 2.37. The highest BCUT2D eigenvalue weighted by atomic mass is 79.9. The fourth-order valence-corrected chi connectivity index (χ4v) is 1.93. The van der Waals surface area contributed by atoms with Crippen LogP contribution in [0.3, 0.4) is 0 Å². The molecule has 0 bridgehead atoms. The van der Waals surface area contributed by atoms with Crippen LogP contribution in [-0.2, 0) is 13.1 Å². The number of hydrogen-bond acceptors (Lipinski definition) is 3. The Bertz CT molecular complexity index is 587. The van der Waals surface area contributed by atoms with Crippen LogP contribution < -0.4 is 5.56 Å². The molecule has 0 spiro atoms. The molecule has 2 heterocycles. The molecule has 0 radical (unpaired) electrons. The summed E-state index contributed by atoms with van der Waals surface area (Å²) in [4.78, 5) is 20.2. The van der Waals surface area contributed by atoms with Crippen molar-refractivity contribution >= 4 is 15.9 Å². The summed E-state index contributed by atoms with van der Waals surface area (Å²) in [6.07, 6.45) is 5.09. The van der Waals surface area contributed by atoms with Crippen LogP contribution in [-0.4, -0.2) is 19.1 Å². The molecule has 0 saturated heterocycles. The fraction of sp³-hybridized carbons (Fsp3) is 0.364. The Hall–Kier alpha value is -1.43. The van der Waals surface area contributed by atoms with E-state index in [-0.39, 0.29) is 5.56 Å². The molecular weight excluding hydrogens is 284 g/mol. The van der Waals surface area contributed by atoms with Crippen LogP contribution in [0.1, 0.15) is 18.3 Å². The van der Waals surface area contributed by atoms with Crippen LogP contribution in [0.5, 0.6) is 0 Å². The molecule has 0 unspecified atom stereocenters. The Morgan fingerprint density at radius 2 is 2.12 bits per heavy atom. The zero-order chi connectivity index (χ0) is 12.4. The highest BCUT2D eigenvalue weighted by molar-refractivity contribution is 9.10. The molecule has 0 aromatic carbocycles. The first kappa shape index (κ1) is 12.0. The van der Waals surface area contributed by atoms with Crippen molar-refractivity contribution in [1.82, 2.24) is 19.1 Å². The summed E-state index contributed by atoms with van der Waals surface area (Å²) in [5.74, 6) is 0. The van der Waals surface area contributed by atoms with Crippen molar-refractivity contribution in [3.8, 4) is 0 Å². The summed E-state index contributed by atoms with van der Waals surface area (Å²) in [7, 11) is 0. The van der Waals surface area contributed by atoms with Gasteiger partial charge in [0.05, 0.1) is 30.6 Å². The maximum atomic E-state index is 12.0. The number of aryl methyl sites for hydroxylation is 2. The average molecular weight is 297 g/mol. The molecule has 0 saturated carbocycles. The number of hydrogen-bond donors (Lipinski definition) is 0. The first-order valence-electron chi connectivity index (χ1n) is 5.34. The lowest BCUT2D eigenvalue weighted by molar-refractivity contribution is 0.644. The maximum absolute atomic E-state index is 12.0. The predicted octanol–water partition coefficient (Wildman–Crippen LogP) is 1.58. The normalized spacial score (nSPS) is 10.8. The standard InChI is InChI=1S/C11H13BrN4O/c1-3-15-6-13-4-9(15)5-16-7-14-8(2)10(12)11(16)17/h4,6-7H,3,5H2,1-2H3. The van der Waals surface area contributed by atoms with Gasteiger partial charge in [-0.05, 0) is 29.8 Å². The monoisotopic (exact) mass is 296 g/mol. The van der Waals surface area contributed by atoms with Crippen LogP contribution in [0.2, 0.25) is 0 Å². The zero-order valence-corrected chi connectivity index (χ0v) is 11.3. The van der Waals surface area contributed by atoms with E-state index >= 15 is 0 Å². The quantitative estimate of drug-likeness (QED) is 0.864. The minimum atomic E-state index is -0.0682. The van der Waals surface area contributed by atoms with Crippen LogP contribution in [0.25, 0.3) is 0 Å². The van der Waals surface area contributed by atoms with E-state index in [9.17, 15) is 4.79 Å². The second-order valence-corrected chi connectivity index (χ2v) is 4.54. The number of nitrogens with zero attached hydrogens (tertiary/aromatic N) is 4. The second kappa shape index (κ2) is 4.83. The van der Waals surface area contributed by atoms with Crippen molar-refractivity contribution in [3.05, 3.63) is 45.1 Å². The molecule has 0 N–H and O–H groups in total. The van der Waals surface area contributed by atoms with Gasteiger partial charge in [0.2, 0.25) is 0 Å². The molecule has 2 aromatic rings. The Kier molecular flexibility index (Phi) is 3.42. The van der Waals surface area contributed by atoms with E-state index < -0.39 is 0 Å². The minimum absolute atomic E-state index is 0.0682. The molecule has 0 atom stereocenters. The van der Waals surface area contributed by atoms with E-state index in [0.29, 0.717) is 16.7 Å². The van der Waals surface area contributed by atoms with Gasteiger partial charge in [0, 0.05) is 12.7 Å². The van der Waals surface area contributed by atoms with E-state index in [1.807, 2.05) is 11.5 Å². The van der Waals surface area contributed by atoms with Gasteiger partial charge in [0.25, 0.3) is 5.56 Å². The van der Waals surface area contributed by atoms with Gasteiger partial charge in [-0.3, -0.25) is 9.36 Å². The molecule has 0 aliphatic carbocycles. The zero-order valence-electron chi connectivity index (χ0n) is 9.72. The fourth-order valence-electron chi connectivity index (χ4n) is 1.60. The molecule has 90 valence electrons.